The van der Waals surface area contributed by atoms with Gasteiger partial charge in [0.1, 0.15) is 11.9 Å². The Kier molecular flexibility index (Phi) is 5.60. The molecule has 0 bridgehead atoms. The van der Waals surface area contributed by atoms with Gasteiger partial charge in [0, 0.05) is 12.1 Å². The minimum Gasteiger partial charge on any atom is -0.480 e. The summed E-state index contributed by atoms with van der Waals surface area (Å²) in [6.07, 6.45) is 9.11. The topological polar surface area (TPSA) is 101 Å². The van der Waals surface area contributed by atoms with Crippen molar-refractivity contribution in [2.24, 2.45) is 11.7 Å². The number of nitrogens with one attached hydrogen (secondary N) is 1. The molecule has 1 aliphatic carbocycles. The molecule has 132 valence electrons. The average molecular weight is 340 g/mol. The lowest BCUT2D eigenvalue weighted by atomic mass is 10.0. The lowest BCUT2D eigenvalue weighted by Gasteiger charge is -2.11. The lowest BCUT2D eigenvalue weighted by molar-refractivity contribution is -0.138. The van der Waals surface area contributed by atoms with E-state index in [-0.39, 0.29) is 0 Å². The van der Waals surface area contributed by atoms with Crippen LogP contribution >= 0.6 is 0 Å². The minimum atomic E-state index is -0.990. The standard InChI is InChI=1S/C19H24N4O2/c20-16(19(24)25)9-13-5-7-15(8-6-13)17-11-23-18(12-21-17)22-10-14-3-1-2-4-14/h5-8,11-12,14,16H,1-4,9-10,20H2,(H,22,23)(H,24,25). The molecule has 4 N–H and O–H groups in total. The molecule has 6 heteroatoms. The molecular formula is C19H24N4O2. The summed E-state index contributed by atoms with van der Waals surface area (Å²) in [7, 11) is 0. The number of hydrogen-bond acceptors (Lipinski definition) is 5. The van der Waals surface area contributed by atoms with Crippen molar-refractivity contribution in [3.8, 4) is 11.3 Å². The molecule has 3 rings (SSSR count). The van der Waals surface area contributed by atoms with Crippen molar-refractivity contribution in [1.29, 1.82) is 0 Å². The molecule has 0 saturated heterocycles. The first kappa shape index (κ1) is 17.4. The highest BCUT2D eigenvalue weighted by Crippen LogP contribution is 2.25. The summed E-state index contributed by atoms with van der Waals surface area (Å²) in [4.78, 5) is 19.7. The Hall–Kier alpha value is -2.47. The SMILES string of the molecule is NC(Cc1ccc(-c2cnc(NCC3CCCC3)cn2)cc1)C(=O)O. The van der Waals surface area contributed by atoms with Gasteiger partial charge in [-0.3, -0.25) is 9.78 Å². The zero-order valence-electron chi connectivity index (χ0n) is 14.2. The Morgan fingerprint density at radius 2 is 1.92 bits per heavy atom. The van der Waals surface area contributed by atoms with E-state index in [4.69, 9.17) is 10.8 Å². The number of carboxylic acid groups (broad SMARTS) is 1. The molecular weight excluding hydrogens is 316 g/mol. The molecule has 1 heterocycles. The number of aromatic nitrogens is 2. The number of carbonyl (C=O) groups is 1. The first-order valence-corrected chi connectivity index (χ1v) is 8.75. The fourth-order valence-electron chi connectivity index (χ4n) is 3.18. The van der Waals surface area contributed by atoms with E-state index in [1.165, 1.54) is 25.7 Å². The summed E-state index contributed by atoms with van der Waals surface area (Å²) in [6.45, 7) is 0.965. The molecule has 1 aliphatic rings. The highest BCUT2D eigenvalue weighted by molar-refractivity contribution is 5.73. The van der Waals surface area contributed by atoms with E-state index >= 15 is 0 Å². The zero-order chi connectivity index (χ0) is 17.6. The van der Waals surface area contributed by atoms with Crippen molar-refractivity contribution < 1.29 is 9.90 Å². The van der Waals surface area contributed by atoms with Crippen molar-refractivity contribution in [1.82, 2.24) is 9.97 Å². The Morgan fingerprint density at radius 3 is 2.52 bits per heavy atom. The van der Waals surface area contributed by atoms with Gasteiger partial charge in [0.25, 0.3) is 0 Å². The first-order valence-electron chi connectivity index (χ1n) is 8.75. The van der Waals surface area contributed by atoms with Crippen LogP contribution in [0.4, 0.5) is 5.82 Å². The minimum absolute atomic E-state index is 0.311. The lowest BCUT2D eigenvalue weighted by Crippen LogP contribution is -2.32. The highest BCUT2D eigenvalue weighted by atomic mass is 16.4. The zero-order valence-corrected chi connectivity index (χ0v) is 14.2. The molecule has 0 spiro atoms. The quantitative estimate of drug-likeness (QED) is 0.716. The number of nitrogens with zero attached hydrogens (tertiary/aromatic N) is 2. The molecule has 0 aliphatic heterocycles. The third-order valence-corrected chi connectivity index (χ3v) is 4.72. The van der Waals surface area contributed by atoms with E-state index in [1.54, 1.807) is 12.4 Å². The monoisotopic (exact) mass is 340 g/mol. The third kappa shape index (κ3) is 4.76. The predicted molar refractivity (Wildman–Crippen MR) is 97.2 cm³/mol. The third-order valence-electron chi connectivity index (χ3n) is 4.72. The van der Waals surface area contributed by atoms with Crippen LogP contribution in [0, 0.1) is 5.92 Å². The fourth-order valence-corrected chi connectivity index (χ4v) is 3.18. The van der Waals surface area contributed by atoms with Gasteiger partial charge in [-0.1, -0.05) is 37.1 Å². The second-order valence-electron chi connectivity index (χ2n) is 6.66. The number of carboxylic acids is 1. The Bertz CT molecular complexity index is 694. The van der Waals surface area contributed by atoms with Gasteiger partial charge in [0.2, 0.25) is 0 Å². The summed E-state index contributed by atoms with van der Waals surface area (Å²) >= 11 is 0. The van der Waals surface area contributed by atoms with E-state index in [0.29, 0.717) is 6.42 Å². The number of rotatable bonds is 7. The average Bonchev–Trinajstić information content (AvgIpc) is 3.14. The maximum absolute atomic E-state index is 10.8. The molecule has 0 radical (unpaired) electrons. The van der Waals surface area contributed by atoms with Crippen molar-refractivity contribution in [2.45, 2.75) is 38.1 Å². The van der Waals surface area contributed by atoms with Crippen LogP contribution in [0.25, 0.3) is 11.3 Å². The molecule has 1 saturated carbocycles. The van der Waals surface area contributed by atoms with Gasteiger partial charge in [-0.2, -0.15) is 0 Å². The van der Waals surface area contributed by atoms with E-state index in [0.717, 1.165) is 35.1 Å². The second-order valence-corrected chi connectivity index (χ2v) is 6.66. The first-order chi connectivity index (χ1) is 12.1. The van der Waals surface area contributed by atoms with Crippen LogP contribution in [-0.2, 0) is 11.2 Å². The Balaban J connectivity index is 1.58. The predicted octanol–water partition coefficient (Wildman–Crippen LogP) is 2.70. The van der Waals surface area contributed by atoms with Gasteiger partial charge in [-0.15, -0.1) is 0 Å². The van der Waals surface area contributed by atoms with Gasteiger partial charge in [-0.25, -0.2) is 4.98 Å². The maximum atomic E-state index is 10.8. The highest BCUT2D eigenvalue weighted by Gasteiger charge is 2.15. The molecule has 6 nitrogen and oxygen atoms in total. The summed E-state index contributed by atoms with van der Waals surface area (Å²) in [5, 5.41) is 12.2. The number of nitrogens with two attached hydrogens (primary N) is 1. The fraction of sp³-hybridized carbons (Fsp3) is 0.421. The largest absolute Gasteiger partial charge is 0.480 e. The molecule has 0 amide bonds. The van der Waals surface area contributed by atoms with Gasteiger partial charge in [0.05, 0.1) is 18.1 Å². The van der Waals surface area contributed by atoms with E-state index in [2.05, 4.69) is 15.3 Å². The van der Waals surface area contributed by atoms with E-state index in [1.807, 2.05) is 24.3 Å². The molecule has 1 aromatic carbocycles. The van der Waals surface area contributed by atoms with Crippen molar-refractivity contribution in [3.05, 3.63) is 42.2 Å². The van der Waals surface area contributed by atoms with Gasteiger partial charge in [0.15, 0.2) is 0 Å². The van der Waals surface area contributed by atoms with Gasteiger partial charge >= 0.3 is 5.97 Å². The summed E-state index contributed by atoms with van der Waals surface area (Å²) in [5.74, 6) is 0.571. The van der Waals surface area contributed by atoms with Gasteiger partial charge in [-0.05, 0) is 30.7 Å². The molecule has 25 heavy (non-hydrogen) atoms. The smallest absolute Gasteiger partial charge is 0.320 e. The summed E-state index contributed by atoms with van der Waals surface area (Å²) in [5.41, 5.74) is 8.19. The van der Waals surface area contributed by atoms with Crippen molar-refractivity contribution in [2.75, 3.05) is 11.9 Å². The normalized spacial score (nSPS) is 15.9. The molecule has 1 unspecified atom stereocenters. The molecule has 1 fully saturated rings. The van der Waals surface area contributed by atoms with E-state index in [9.17, 15) is 4.79 Å². The summed E-state index contributed by atoms with van der Waals surface area (Å²) in [6, 6.07) is 6.72. The van der Waals surface area contributed by atoms with Crippen molar-refractivity contribution >= 4 is 11.8 Å². The van der Waals surface area contributed by atoms with Crippen LogP contribution in [0.15, 0.2) is 36.7 Å². The van der Waals surface area contributed by atoms with Crippen LogP contribution in [0.1, 0.15) is 31.2 Å². The number of anilines is 1. The molecule has 1 aromatic heterocycles. The van der Waals surface area contributed by atoms with Crippen LogP contribution < -0.4 is 11.1 Å². The molecule has 2 aromatic rings. The van der Waals surface area contributed by atoms with Crippen LogP contribution in [0.3, 0.4) is 0 Å². The maximum Gasteiger partial charge on any atom is 0.320 e. The molecule has 1 atom stereocenters. The Morgan fingerprint density at radius 1 is 1.20 bits per heavy atom. The van der Waals surface area contributed by atoms with Crippen molar-refractivity contribution in [3.63, 3.8) is 0 Å². The van der Waals surface area contributed by atoms with E-state index < -0.39 is 12.0 Å². The number of benzene rings is 1. The number of hydrogen-bond donors (Lipinski definition) is 3. The summed E-state index contributed by atoms with van der Waals surface area (Å²) < 4.78 is 0. The van der Waals surface area contributed by atoms with Gasteiger partial charge < -0.3 is 16.2 Å². The van der Waals surface area contributed by atoms with Crippen LogP contribution in [0.2, 0.25) is 0 Å². The Labute approximate surface area is 147 Å². The second kappa shape index (κ2) is 8.07. The number of aliphatic carboxylic acids is 1. The van der Waals surface area contributed by atoms with Crippen LogP contribution in [-0.4, -0.2) is 33.6 Å². The van der Waals surface area contributed by atoms with Crippen LogP contribution in [0.5, 0.6) is 0 Å².